The molecule has 0 spiro atoms. The molecule has 1 aromatic rings. The number of carbonyl (C=O) groups is 2. The molecule has 5 heteroatoms. The average Bonchev–Trinajstić information content (AvgIpc) is 2.87. The number of hydrogen-bond acceptors (Lipinski definition) is 3. The fourth-order valence-electron chi connectivity index (χ4n) is 2.79. The zero-order valence-electron chi connectivity index (χ0n) is 12.2. The third-order valence-corrected chi connectivity index (χ3v) is 4.15. The van der Waals surface area contributed by atoms with E-state index in [-0.39, 0.29) is 18.4 Å². The molecule has 3 atom stereocenters. The molecule has 0 aliphatic carbocycles. The first-order valence-corrected chi connectivity index (χ1v) is 7.30. The SMILES string of the molecule is C[C@@H]1CN(C(=O)[C@@H](N)CCc2ccccc2)C[C@H]1C(=O)O. The molecule has 3 N–H and O–H groups in total. The lowest BCUT2D eigenvalue weighted by atomic mass is 9.99. The maximum atomic E-state index is 12.3. The number of aliphatic carboxylic acids is 1. The highest BCUT2D eigenvalue weighted by atomic mass is 16.4. The Hall–Kier alpha value is -1.88. The molecule has 0 unspecified atom stereocenters. The fraction of sp³-hybridized carbons (Fsp3) is 0.500. The van der Waals surface area contributed by atoms with Gasteiger partial charge < -0.3 is 15.7 Å². The lowest BCUT2D eigenvalue weighted by Gasteiger charge is -2.20. The summed E-state index contributed by atoms with van der Waals surface area (Å²) in [6.07, 6.45) is 1.32. The number of nitrogens with two attached hydrogens (primary N) is 1. The van der Waals surface area contributed by atoms with Crippen molar-refractivity contribution in [2.45, 2.75) is 25.8 Å². The van der Waals surface area contributed by atoms with E-state index in [1.54, 1.807) is 4.90 Å². The molecule has 1 aliphatic rings. The topological polar surface area (TPSA) is 83.6 Å². The van der Waals surface area contributed by atoms with Crippen LogP contribution in [-0.2, 0) is 16.0 Å². The van der Waals surface area contributed by atoms with Gasteiger partial charge in [0.05, 0.1) is 12.0 Å². The van der Waals surface area contributed by atoms with E-state index in [2.05, 4.69) is 0 Å². The summed E-state index contributed by atoms with van der Waals surface area (Å²) in [5, 5.41) is 9.10. The van der Waals surface area contributed by atoms with E-state index in [0.29, 0.717) is 13.0 Å². The van der Waals surface area contributed by atoms with Gasteiger partial charge in [0.15, 0.2) is 0 Å². The van der Waals surface area contributed by atoms with Crippen molar-refractivity contribution in [3.8, 4) is 0 Å². The molecule has 1 saturated heterocycles. The Labute approximate surface area is 124 Å². The number of carboxylic acid groups (broad SMARTS) is 1. The van der Waals surface area contributed by atoms with Gasteiger partial charge in [-0.1, -0.05) is 37.3 Å². The monoisotopic (exact) mass is 290 g/mol. The number of benzene rings is 1. The average molecular weight is 290 g/mol. The van der Waals surface area contributed by atoms with Crippen molar-refractivity contribution in [3.63, 3.8) is 0 Å². The van der Waals surface area contributed by atoms with Crippen molar-refractivity contribution in [1.82, 2.24) is 4.90 Å². The minimum absolute atomic E-state index is 0.0206. The first-order chi connectivity index (χ1) is 9.99. The predicted octanol–water partition coefficient (Wildman–Crippen LogP) is 1.13. The number of carboxylic acids is 1. The van der Waals surface area contributed by atoms with E-state index in [4.69, 9.17) is 10.8 Å². The van der Waals surface area contributed by atoms with Crippen LogP contribution in [0.1, 0.15) is 18.9 Å². The second-order valence-electron chi connectivity index (χ2n) is 5.80. The van der Waals surface area contributed by atoms with E-state index in [0.717, 1.165) is 12.0 Å². The molecule has 1 heterocycles. The van der Waals surface area contributed by atoms with Gasteiger partial charge in [-0.2, -0.15) is 0 Å². The van der Waals surface area contributed by atoms with Crippen LogP contribution < -0.4 is 5.73 Å². The van der Waals surface area contributed by atoms with E-state index < -0.39 is 17.9 Å². The van der Waals surface area contributed by atoms with Crippen molar-refractivity contribution in [2.24, 2.45) is 17.6 Å². The van der Waals surface area contributed by atoms with Gasteiger partial charge in [0.2, 0.25) is 5.91 Å². The summed E-state index contributed by atoms with van der Waals surface area (Å²) in [6.45, 7) is 2.62. The molecule has 21 heavy (non-hydrogen) atoms. The van der Waals surface area contributed by atoms with Crippen LogP contribution in [0.25, 0.3) is 0 Å². The highest BCUT2D eigenvalue weighted by Crippen LogP contribution is 2.23. The summed E-state index contributed by atoms with van der Waals surface area (Å²) in [7, 11) is 0. The van der Waals surface area contributed by atoms with E-state index in [1.807, 2.05) is 37.3 Å². The van der Waals surface area contributed by atoms with Crippen molar-refractivity contribution in [3.05, 3.63) is 35.9 Å². The molecule has 5 nitrogen and oxygen atoms in total. The van der Waals surface area contributed by atoms with Crippen molar-refractivity contribution in [2.75, 3.05) is 13.1 Å². The van der Waals surface area contributed by atoms with Crippen LogP contribution in [0.2, 0.25) is 0 Å². The molecule has 0 radical (unpaired) electrons. The summed E-state index contributed by atoms with van der Waals surface area (Å²) in [5.41, 5.74) is 7.13. The zero-order chi connectivity index (χ0) is 15.4. The molecule has 2 rings (SSSR count). The molecule has 1 amide bonds. The molecule has 0 saturated carbocycles. The summed E-state index contributed by atoms with van der Waals surface area (Å²) in [5.74, 6) is -1.47. The summed E-state index contributed by atoms with van der Waals surface area (Å²) < 4.78 is 0. The minimum Gasteiger partial charge on any atom is -0.481 e. The van der Waals surface area contributed by atoms with Crippen molar-refractivity contribution < 1.29 is 14.7 Å². The smallest absolute Gasteiger partial charge is 0.308 e. The maximum Gasteiger partial charge on any atom is 0.308 e. The summed E-state index contributed by atoms with van der Waals surface area (Å²) >= 11 is 0. The Bertz CT molecular complexity index is 504. The predicted molar refractivity (Wildman–Crippen MR) is 79.6 cm³/mol. The van der Waals surface area contributed by atoms with Gasteiger partial charge in [-0.25, -0.2) is 0 Å². The van der Waals surface area contributed by atoms with Gasteiger partial charge in [0.1, 0.15) is 0 Å². The van der Waals surface area contributed by atoms with Crippen LogP contribution in [0.5, 0.6) is 0 Å². The Kier molecular flexibility index (Phi) is 4.96. The second kappa shape index (κ2) is 6.72. The van der Waals surface area contributed by atoms with Gasteiger partial charge in [-0.05, 0) is 24.3 Å². The first kappa shape index (κ1) is 15.5. The number of nitrogens with zero attached hydrogens (tertiary/aromatic N) is 1. The molecule has 114 valence electrons. The number of aryl methyl sites for hydroxylation is 1. The Morgan fingerprint density at radius 3 is 2.57 bits per heavy atom. The van der Waals surface area contributed by atoms with Crippen LogP contribution in [0, 0.1) is 11.8 Å². The third-order valence-electron chi connectivity index (χ3n) is 4.15. The first-order valence-electron chi connectivity index (χ1n) is 7.30. The number of likely N-dealkylation sites (tertiary alicyclic amines) is 1. The van der Waals surface area contributed by atoms with Crippen LogP contribution in [0.3, 0.4) is 0 Å². The quantitative estimate of drug-likeness (QED) is 0.851. The number of hydrogen-bond donors (Lipinski definition) is 2. The molecule has 0 bridgehead atoms. The lowest BCUT2D eigenvalue weighted by Crippen LogP contribution is -2.43. The summed E-state index contributed by atoms with van der Waals surface area (Å²) in [4.78, 5) is 25.0. The van der Waals surface area contributed by atoms with Gasteiger partial charge >= 0.3 is 5.97 Å². The highest BCUT2D eigenvalue weighted by Gasteiger charge is 2.38. The molecule has 0 aromatic heterocycles. The number of rotatable bonds is 5. The van der Waals surface area contributed by atoms with E-state index in [9.17, 15) is 9.59 Å². The van der Waals surface area contributed by atoms with Crippen LogP contribution in [0.15, 0.2) is 30.3 Å². The largest absolute Gasteiger partial charge is 0.481 e. The van der Waals surface area contributed by atoms with Crippen molar-refractivity contribution in [1.29, 1.82) is 0 Å². The highest BCUT2D eigenvalue weighted by molar-refractivity contribution is 5.83. The normalized spacial score (nSPS) is 23.0. The van der Waals surface area contributed by atoms with Crippen molar-refractivity contribution >= 4 is 11.9 Å². The van der Waals surface area contributed by atoms with Gasteiger partial charge in [0, 0.05) is 13.1 Å². The van der Waals surface area contributed by atoms with Crippen LogP contribution >= 0.6 is 0 Å². The minimum atomic E-state index is -0.837. The molecular weight excluding hydrogens is 268 g/mol. The number of amides is 1. The van der Waals surface area contributed by atoms with E-state index >= 15 is 0 Å². The molecule has 1 aliphatic heterocycles. The molecular formula is C16H22N2O3. The number of carbonyl (C=O) groups excluding carboxylic acids is 1. The van der Waals surface area contributed by atoms with E-state index in [1.165, 1.54) is 0 Å². The standard InChI is InChI=1S/C16H22N2O3/c1-11-9-18(10-13(11)16(20)21)15(19)14(17)8-7-12-5-3-2-4-6-12/h2-6,11,13-14H,7-10,17H2,1H3,(H,20,21)/t11-,13-,14+/m1/s1. The fourth-order valence-corrected chi connectivity index (χ4v) is 2.79. The molecule has 1 fully saturated rings. The third kappa shape index (κ3) is 3.82. The zero-order valence-corrected chi connectivity index (χ0v) is 12.2. The summed E-state index contributed by atoms with van der Waals surface area (Å²) in [6, 6.07) is 9.33. The molecule has 1 aromatic carbocycles. The second-order valence-corrected chi connectivity index (χ2v) is 5.80. The maximum absolute atomic E-state index is 12.3. The van der Waals surface area contributed by atoms with Gasteiger partial charge in [-0.15, -0.1) is 0 Å². The van der Waals surface area contributed by atoms with Crippen LogP contribution in [-0.4, -0.2) is 41.0 Å². The van der Waals surface area contributed by atoms with Gasteiger partial charge in [-0.3, -0.25) is 9.59 Å². The Morgan fingerprint density at radius 1 is 1.33 bits per heavy atom. The van der Waals surface area contributed by atoms with Gasteiger partial charge in [0.25, 0.3) is 0 Å². The Morgan fingerprint density at radius 2 is 2.00 bits per heavy atom. The lowest BCUT2D eigenvalue weighted by molar-refractivity contribution is -0.142. The van der Waals surface area contributed by atoms with Crippen LogP contribution in [0.4, 0.5) is 0 Å². The Balaban J connectivity index is 1.87.